The minimum Gasteiger partial charge on any atom is -0.491 e. The zero-order chi connectivity index (χ0) is 15.3. The van der Waals surface area contributed by atoms with Crippen LogP contribution in [0, 0.1) is 5.92 Å². The van der Waals surface area contributed by atoms with Crippen molar-refractivity contribution >= 4 is 10.0 Å². The summed E-state index contributed by atoms with van der Waals surface area (Å²) in [6, 6.07) is 6.27. The highest BCUT2D eigenvalue weighted by Gasteiger charge is 2.27. The molecular weight excluding hydrogens is 290 g/mol. The minimum atomic E-state index is -3.48. The number of benzene rings is 1. The van der Waals surface area contributed by atoms with Gasteiger partial charge in [-0.15, -0.1) is 0 Å². The molecule has 6 heteroatoms. The smallest absolute Gasteiger partial charge is 0.240 e. The fourth-order valence-corrected chi connectivity index (χ4v) is 3.55. The predicted octanol–water partition coefficient (Wildman–Crippen LogP) is 1.91. The average Bonchev–Trinajstić information content (AvgIpc) is 3.28. The third-order valence-corrected chi connectivity index (χ3v) is 5.16. The first-order valence-corrected chi connectivity index (χ1v) is 8.89. The van der Waals surface area contributed by atoms with Gasteiger partial charge in [-0.05, 0) is 43.0 Å². The molecule has 2 N–H and O–H groups in total. The Hall–Kier alpha value is -1.11. The molecule has 1 aliphatic rings. The summed E-state index contributed by atoms with van der Waals surface area (Å²) in [5, 5.41) is 8.68. The lowest BCUT2D eigenvalue weighted by molar-refractivity contribution is 0.201. The average molecular weight is 313 g/mol. The van der Waals surface area contributed by atoms with E-state index in [0.717, 1.165) is 12.8 Å². The number of nitrogens with one attached hydrogen (secondary N) is 1. The van der Waals surface area contributed by atoms with Gasteiger partial charge in [0.15, 0.2) is 0 Å². The largest absolute Gasteiger partial charge is 0.491 e. The van der Waals surface area contributed by atoms with Gasteiger partial charge in [0.25, 0.3) is 0 Å². The van der Waals surface area contributed by atoms with E-state index >= 15 is 0 Å². The van der Waals surface area contributed by atoms with Gasteiger partial charge in [-0.25, -0.2) is 13.1 Å². The molecule has 1 unspecified atom stereocenters. The van der Waals surface area contributed by atoms with E-state index in [-0.39, 0.29) is 24.2 Å². The second-order valence-corrected chi connectivity index (χ2v) is 7.16. The minimum absolute atomic E-state index is 0.00724. The van der Waals surface area contributed by atoms with Gasteiger partial charge in [-0.1, -0.05) is 19.8 Å². The van der Waals surface area contributed by atoms with E-state index in [1.807, 2.05) is 6.92 Å². The van der Waals surface area contributed by atoms with E-state index in [9.17, 15) is 8.42 Å². The van der Waals surface area contributed by atoms with Crippen LogP contribution < -0.4 is 9.46 Å². The highest BCUT2D eigenvalue weighted by molar-refractivity contribution is 7.89. The zero-order valence-electron chi connectivity index (χ0n) is 12.3. The molecule has 0 aromatic heterocycles. The summed E-state index contributed by atoms with van der Waals surface area (Å²) in [5.41, 5.74) is 0. The molecule has 0 radical (unpaired) electrons. The van der Waals surface area contributed by atoms with E-state index in [0.29, 0.717) is 11.7 Å². The first-order valence-electron chi connectivity index (χ1n) is 7.41. The number of rotatable bonds is 9. The van der Waals surface area contributed by atoms with Crippen LogP contribution in [0.3, 0.4) is 0 Å². The second-order valence-electron chi connectivity index (χ2n) is 5.45. The molecule has 2 rings (SSSR count). The molecule has 0 saturated heterocycles. The number of hydrogen-bond donors (Lipinski definition) is 2. The number of aliphatic hydroxyl groups is 1. The van der Waals surface area contributed by atoms with E-state index in [4.69, 9.17) is 9.84 Å². The standard InChI is InChI=1S/C15H23NO4S/c1-2-13(11-12-3-4-12)16-21(18,19)15-7-5-14(6-8-15)20-10-9-17/h5-8,12-13,16-17H,2-4,9-11H2,1H3. The Morgan fingerprint density at radius 2 is 2.00 bits per heavy atom. The fraction of sp³-hybridized carbons (Fsp3) is 0.600. The van der Waals surface area contributed by atoms with Gasteiger partial charge in [-0.2, -0.15) is 0 Å². The number of ether oxygens (including phenoxy) is 1. The zero-order valence-corrected chi connectivity index (χ0v) is 13.1. The summed E-state index contributed by atoms with van der Waals surface area (Å²) >= 11 is 0. The van der Waals surface area contributed by atoms with Crippen LogP contribution >= 0.6 is 0 Å². The molecule has 0 spiro atoms. The summed E-state index contributed by atoms with van der Waals surface area (Å²) in [5.74, 6) is 1.24. The van der Waals surface area contributed by atoms with Gasteiger partial charge < -0.3 is 9.84 Å². The third-order valence-electron chi connectivity index (χ3n) is 3.62. The highest BCUT2D eigenvalue weighted by atomic mass is 32.2. The summed E-state index contributed by atoms with van der Waals surface area (Å²) in [6.45, 7) is 2.13. The van der Waals surface area contributed by atoms with Crippen molar-refractivity contribution in [3.8, 4) is 5.75 Å². The molecule has 0 aliphatic heterocycles. The summed E-state index contributed by atoms with van der Waals surface area (Å²) < 4.78 is 32.7. The van der Waals surface area contributed by atoms with E-state index < -0.39 is 10.0 Å². The van der Waals surface area contributed by atoms with Gasteiger partial charge >= 0.3 is 0 Å². The Morgan fingerprint density at radius 3 is 2.52 bits per heavy atom. The van der Waals surface area contributed by atoms with Crippen LogP contribution in [0.15, 0.2) is 29.2 Å². The molecule has 1 aliphatic carbocycles. The number of sulfonamides is 1. The molecule has 0 bridgehead atoms. The van der Waals surface area contributed by atoms with E-state index in [1.165, 1.54) is 25.0 Å². The Balaban J connectivity index is 2.00. The first kappa shape index (κ1) is 16.3. The first-order chi connectivity index (χ1) is 10.0. The topological polar surface area (TPSA) is 75.6 Å². The molecule has 0 heterocycles. The van der Waals surface area contributed by atoms with E-state index in [2.05, 4.69) is 4.72 Å². The Labute approximate surface area is 126 Å². The molecule has 0 amide bonds. The molecule has 1 aromatic carbocycles. The highest BCUT2D eigenvalue weighted by Crippen LogP contribution is 2.34. The SMILES string of the molecule is CCC(CC1CC1)NS(=O)(=O)c1ccc(OCCO)cc1. The summed E-state index contributed by atoms with van der Waals surface area (Å²) in [6.07, 6.45) is 4.16. The predicted molar refractivity (Wildman–Crippen MR) is 80.8 cm³/mol. The van der Waals surface area contributed by atoms with Crippen molar-refractivity contribution in [1.82, 2.24) is 4.72 Å². The third kappa shape index (κ3) is 4.98. The lowest BCUT2D eigenvalue weighted by atomic mass is 10.1. The lowest BCUT2D eigenvalue weighted by Crippen LogP contribution is -2.34. The van der Waals surface area contributed by atoms with Crippen LogP contribution in [0.25, 0.3) is 0 Å². The van der Waals surface area contributed by atoms with Crippen molar-refractivity contribution in [1.29, 1.82) is 0 Å². The maximum Gasteiger partial charge on any atom is 0.240 e. The normalized spacial score (nSPS) is 16.7. The van der Waals surface area contributed by atoms with Gasteiger partial charge in [0.05, 0.1) is 11.5 Å². The van der Waals surface area contributed by atoms with Crippen LogP contribution in [-0.2, 0) is 10.0 Å². The monoisotopic (exact) mass is 313 g/mol. The number of hydrogen-bond acceptors (Lipinski definition) is 4. The van der Waals surface area contributed by atoms with Crippen LogP contribution in [0.5, 0.6) is 5.75 Å². The Morgan fingerprint density at radius 1 is 1.33 bits per heavy atom. The molecule has 21 heavy (non-hydrogen) atoms. The van der Waals surface area contributed by atoms with Crippen molar-refractivity contribution in [2.75, 3.05) is 13.2 Å². The molecule has 1 fully saturated rings. The summed E-state index contributed by atoms with van der Waals surface area (Å²) in [7, 11) is -3.48. The van der Waals surface area contributed by atoms with Crippen LogP contribution in [0.2, 0.25) is 0 Å². The van der Waals surface area contributed by atoms with Crippen molar-refractivity contribution in [3.63, 3.8) is 0 Å². The van der Waals surface area contributed by atoms with Gasteiger partial charge in [0.2, 0.25) is 10.0 Å². The maximum absolute atomic E-state index is 12.3. The maximum atomic E-state index is 12.3. The van der Waals surface area contributed by atoms with Gasteiger partial charge in [-0.3, -0.25) is 0 Å². The molecule has 1 saturated carbocycles. The summed E-state index contributed by atoms with van der Waals surface area (Å²) in [4.78, 5) is 0.244. The van der Waals surface area contributed by atoms with Crippen LogP contribution in [0.4, 0.5) is 0 Å². The number of aliphatic hydroxyl groups excluding tert-OH is 1. The molecule has 1 atom stereocenters. The van der Waals surface area contributed by atoms with Crippen LogP contribution in [-0.4, -0.2) is 32.8 Å². The van der Waals surface area contributed by atoms with Crippen LogP contribution in [0.1, 0.15) is 32.6 Å². The Kier molecular flexibility index (Phi) is 5.61. The lowest BCUT2D eigenvalue weighted by Gasteiger charge is -2.17. The van der Waals surface area contributed by atoms with Gasteiger partial charge in [0.1, 0.15) is 12.4 Å². The molecule has 118 valence electrons. The fourth-order valence-electron chi connectivity index (χ4n) is 2.22. The van der Waals surface area contributed by atoms with Crippen molar-refractivity contribution < 1.29 is 18.3 Å². The molecule has 5 nitrogen and oxygen atoms in total. The van der Waals surface area contributed by atoms with Gasteiger partial charge in [0, 0.05) is 6.04 Å². The van der Waals surface area contributed by atoms with Crippen molar-refractivity contribution in [2.45, 2.75) is 43.5 Å². The quantitative estimate of drug-likeness (QED) is 0.730. The van der Waals surface area contributed by atoms with Crippen molar-refractivity contribution in [2.24, 2.45) is 5.92 Å². The molecule has 1 aromatic rings. The van der Waals surface area contributed by atoms with E-state index in [1.54, 1.807) is 12.1 Å². The second kappa shape index (κ2) is 7.24. The molecular formula is C15H23NO4S. The Bertz CT molecular complexity index is 537. The van der Waals surface area contributed by atoms with Crippen molar-refractivity contribution in [3.05, 3.63) is 24.3 Å².